The molecule has 3 N–H and O–H groups in total. The lowest BCUT2D eigenvalue weighted by molar-refractivity contribution is -0.125. The quantitative estimate of drug-likeness (QED) is 0.611. The number of nitrogens with two attached hydrogens (primary N) is 1. The molecule has 10 heteroatoms. The van der Waals surface area contributed by atoms with Crippen LogP contribution < -0.4 is 11.1 Å². The number of carbonyl (C=O) groups is 4. The lowest BCUT2D eigenvalue weighted by Gasteiger charge is -2.29. The SMILES string of the molecule is NC(=O)C1CCN(CC(=O)NCCN2C(=O)S/C(=C\c3ccccc3Cl)C2=O)CC1. The van der Waals surface area contributed by atoms with Crippen molar-refractivity contribution in [1.82, 2.24) is 15.1 Å². The molecule has 0 spiro atoms. The third-order valence-corrected chi connectivity index (χ3v) is 6.33. The minimum atomic E-state index is -0.396. The van der Waals surface area contributed by atoms with Gasteiger partial charge in [-0.2, -0.15) is 0 Å². The number of nitrogens with one attached hydrogen (secondary N) is 1. The third kappa shape index (κ3) is 5.62. The van der Waals surface area contributed by atoms with Crippen molar-refractivity contribution in [3.63, 3.8) is 0 Å². The van der Waals surface area contributed by atoms with Crippen molar-refractivity contribution in [3.05, 3.63) is 39.8 Å². The van der Waals surface area contributed by atoms with E-state index >= 15 is 0 Å². The van der Waals surface area contributed by atoms with Crippen LogP contribution >= 0.6 is 23.4 Å². The number of thioether (sulfide) groups is 1. The van der Waals surface area contributed by atoms with Gasteiger partial charge in [-0.3, -0.25) is 29.0 Å². The van der Waals surface area contributed by atoms with Crippen LogP contribution in [0.25, 0.3) is 6.08 Å². The summed E-state index contributed by atoms with van der Waals surface area (Å²) >= 11 is 6.96. The molecule has 3 rings (SSSR count). The molecule has 2 fully saturated rings. The maximum atomic E-state index is 12.5. The van der Waals surface area contributed by atoms with Crippen molar-refractivity contribution >= 4 is 52.4 Å². The number of halogens is 1. The normalized spacial score (nSPS) is 19.5. The number of benzene rings is 1. The predicted molar refractivity (Wildman–Crippen MR) is 115 cm³/mol. The third-order valence-electron chi connectivity index (χ3n) is 5.08. The summed E-state index contributed by atoms with van der Waals surface area (Å²) < 4.78 is 0. The molecule has 0 unspecified atom stereocenters. The molecule has 1 aromatic carbocycles. The first-order chi connectivity index (χ1) is 14.3. The highest BCUT2D eigenvalue weighted by Crippen LogP contribution is 2.33. The molecule has 2 aliphatic rings. The van der Waals surface area contributed by atoms with Gasteiger partial charge in [0.15, 0.2) is 0 Å². The molecule has 0 aliphatic carbocycles. The first-order valence-electron chi connectivity index (χ1n) is 9.63. The number of carbonyl (C=O) groups excluding carboxylic acids is 4. The summed E-state index contributed by atoms with van der Waals surface area (Å²) in [5, 5.41) is 2.86. The molecule has 4 amide bonds. The van der Waals surface area contributed by atoms with Gasteiger partial charge in [-0.1, -0.05) is 29.8 Å². The van der Waals surface area contributed by atoms with Gasteiger partial charge in [0.1, 0.15) is 0 Å². The van der Waals surface area contributed by atoms with Crippen molar-refractivity contribution in [2.75, 3.05) is 32.7 Å². The Morgan fingerprint density at radius 2 is 1.93 bits per heavy atom. The largest absolute Gasteiger partial charge is 0.369 e. The Hall–Kier alpha value is -2.36. The van der Waals surface area contributed by atoms with Crippen LogP contribution in [0.4, 0.5) is 4.79 Å². The van der Waals surface area contributed by atoms with Gasteiger partial charge in [0.25, 0.3) is 11.1 Å². The molecule has 160 valence electrons. The number of primary amides is 1. The maximum absolute atomic E-state index is 12.5. The van der Waals surface area contributed by atoms with Crippen LogP contribution in [-0.2, 0) is 14.4 Å². The van der Waals surface area contributed by atoms with Crippen LogP contribution in [0.5, 0.6) is 0 Å². The minimum Gasteiger partial charge on any atom is -0.369 e. The van der Waals surface area contributed by atoms with E-state index in [4.69, 9.17) is 17.3 Å². The number of hydrogen-bond acceptors (Lipinski definition) is 6. The van der Waals surface area contributed by atoms with E-state index in [2.05, 4.69) is 5.32 Å². The van der Waals surface area contributed by atoms with Gasteiger partial charge >= 0.3 is 0 Å². The van der Waals surface area contributed by atoms with E-state index in [0.717, 1.165) is 16.7 Å². The van der Waals surface area contributed by atoms with Gasteiger partial charge in [0.2, 0.25) is 11.8 Å². The van der Waals surface area contributed by atoms with E-state index in [0.29, 0.717) is 41.4 Å². The average molecular weight is 451 g/mol. The Kier molecular flexibility index (Phi) is 7.52. The van der Waals surface area contributed by atoms with Gasteiger partial charge in [0, 0.05) is 24.0 Å². The molecule has 2 aliphatic heterocycles. The summed E-state index contributed by atoms with van der Waals surface area (Å²) in [6, 6.07) is 7.06. The molecule has 2 heterocycles. The van der Waals surface area contributed by atoms with E-state index < -0.39 is 5.91 Å². The summed E-state index contributed by atoms with van der Waals surface area (Å²) in [6.07, 6.45) is 2.90. The van der Waals surface area contributed by atoms with E-state index in [1.807, 2.05) is 4.90 Å². The molecule has 8 nitrogen and oxygen atoms in total. The van der Waals surface area contributed by atoms with Crippen LogP contribution in [0.15, 0.2) is 29.2 Å². The highest BCUT2D eigenvalue weighted by Gasteiger charge is 2.34. The fraction of sp³-hybridized carbons (Fsp3) is 0.400. The number of rotatable bonds is 7. The van der Waals surface area contributed by atoms with Crippen LogP contribution in [0, 0.1) is 5.92 Å². The first kappa shape index (κ1) is 22.3. The fourth-order valence-corrected chi connectivity index (χ4v) is 4.41. The fourth-order valence-electron chi connectivity index (χ4n) is 3.37. The Bertz CT molecular complexity index is 883. The van der Waals surface area contributed by atoms with Crippen LogP contribution in [0.1, 0.15) is 18.4 Å². The van der Waals surface area contributed by atoms with Gasteiger partial charge in [-0.15, -0.1) is 0 Å². The molecule has 0 bridgehead atoms. The first-order valence-corrected chi connectivity index (χ1v) is 10.8. The summed E-state index contributed by atoms with van der Waals surface area (Å²) in [6.45, 7) is 1.75. The molecule has 0 saturated carbocycles. The Balaban J connectivity index is 1.45. The average Bonchev–Trinajstić information content (AvgIpc) is 2.97. The highest BCUT2D eigenvalue weighted by molar-refractivity contribution is 8.18. The Labute approximate surface area is 183 Å². The molecular weight excluding hydrogens is 428 g/mol. The van der Waals surface area contributed by atoms with Crippen molar-refractivity contribution in [2.24, 2.45) is 11.7 Å². The zero-order valence-electron chi connectivity index (χ0n) is 16.3. The van der Waals surface area contributed by atoms with Crippen molar-refractivity contribution in [3.8, 4) is 0 Å². The van der Waals surface area contributed by atoms with E-state index in [-0.39, 0.29) is 42.6 Å². The second kappa shape index (κ2) is 10.1. The molecule has 2 saturated heterocycles. The monoisotopic (exact) mass is 450 g/mol. The lowest BCUT2D eigenvalue weighted by atomic mass is 9.96. The summed E-state index contributed by atoms with van der Waals surface area (Å²) in [5.74, 6) is -0.999. The molecule has 0 radical (unpaired) electrons. The number of imide groups is 1. The zero-order chi connectivity index (χ0) is 21.7. The topological polar surface area (TPSA) is 113 Å². The van der Waals surface area contributed by atoms with Crippen LogP contribution in [0.3, 0.4) is 0 Å². The van der Waals surface area contributed by atoms with Gasteiger partial charge in [-0.25, -0.2) is 0 Å². The van der Waals surface area contributed by atoms with Gasteiger partial charge in [-0.05, 0) is 55.4 Å². The number of amides is 4. The smallest absolute Gasteiger partial charge is 0.293 e. The number of hydrogen-bond donors (Lipinski definition) is 2. The lowest BCUT2D eigenvalue weighted by Crippen LogP contribution is -2.45. The maximum Gasteiger partial charge on any atom is 0.293 e. The molecular formula is C20H23ClN4O4S. The molecule has 30 heavy (non-hydrogen) atoms. The second-order valence-electron chi connectivity index (χ2n) is 7.16. The Morgan fingerprint density at radius 3 is 2.60 bits per heavy atom. The molecule has 0 aromatic heterocycles. The zero-order valence-corrected chi connectivity index (χ0v) is 17.9. The minimum absolute atomic E-state index is 0.0972. The number of likely N-dealkylation sites (tertiary alicyclic amines) is 1. The van der Waals surface area contributed by atoms with Crippen LogP contribution in [0.2, 0.25) is 5.02 Å². The molecule has 1 aromatic rings. The number of nitrogens with zero attached hydrogens (tertiary/aromatic N) is 2. The second-order valence-corrected chi connectivity index (χ2v) is 8.56. The van der Waals surface area contributed by atoms with Crippen LogP contribution in [-0.4, -0.2) is 65.5 Å². The summed E-state index contributed by atoms with van der Waals surface area (Å²) in [5.41, 5.74) is 5.98. The van der Waals surface area contributed by atoms with Gasteiger partial charge in [0.05, 0.1) is 11.4 Å². The molecule has 0 atom stereocenters. The standard InChI is InChI=1S/C20H23ClN4O4S/c21-15-4-2-1-3-14(15)11-16-19(28)25(20(29)30-16)10-7-23-17(26)12-24-8-5-13(6-9-24)18(22)27/h1-4,11,13H,5-10,12H2,(H2,22,27)(H,23,26)/b16-11-. The van der Waals surface area contributed by atoms with Crippen molar-refractivity contribution < 1.29 is 19.2 Å². The Morgan fingerprint density at radius 1 is 1.23 bits per heavy atom. The van der Waals surface area contributed by atoms with Gasteiger partial charge < -0.3 is 11.1 Å². The van der Waals surface area contributed by atoms with E-state index in [1.165, 1.54) is 0 Å². The highest BCUT2D eigenvalue weighted by atomic mass is 35.5. The van der Waals surface area contributed by atoms with E-state index in [1.54, 1.807) is 30.3 Å². The summed E-state index contributed by atoms with van der Waals surface area (Å²) in [7, 11) is 0. The number of piperidine rings is 1. The van der Waals surface area contributed by atoms with Crippen molar-refractivity contribution in [2.45, 2.75) is 12.8 Å². The van der Waals surface area contributed by atoms with E-state index in [9.17, 15) is 19.2 Å². The predicted octanol–water partition coefficient (Wildman–Crippen LogP) is 1.69. The van der Waals surface area contributed by atoms with Crippen molar-refractivity contribution in [1.29, 1.82) is 0 Å². The summed E-state index contributed by atoms with van der Waals surface area (Å²) in [4.78, 5) is 51.4.